The smallest absolute Gasteiger partial charge is 0.269 e. The molecule has 0 bridgehead atoms. The Morgan fingerprint density at radius 1 is 1.59 bits per heavy atom. The number of pyridine rings is 1. The Bertz CT molecular complexity index is 407. The number of nitrogens with one attached hydrogen (secondary N) is 2. The summed E-state index contributed by atoms with van der Waals surface area (Å²) in [4.78, 5) is 16.1. The highest BCUT2D eigenvalue weighted by Crippen LogP contribution is 2.19. The van der Waals surface area contributed by atoms with Crippen LogP contribution in [0.5, 0.6) is 0 Å². The summed E-state index contributed by atoms with van der Waals surface area (Å²) >= 11 is 0. The minimum absolute atomic E-state index is 0.143. The van der Waals surface area contributed by atoms with Gasteiger partial charge in [-0.15, -0.1) is 0 Å². The summed E-state index contributed by atoms with van der Waals surface area (Å²) in [6.07, 6.45) is 2.00. The molecular formula is C12H17N3O2. The van der Waals surface area contributed by atoms with E-state index < -0.39 is 0 Å². The second-order valence-electron chi connectivity index (χ2n) is 3.97. The molecule has 1 aromatic heterocycles. The van der Waals surface area contributed by atoms with E-state index in [1.165, 1.54) is 0 Å². The molecular weight excluding hydrogens is 218 g/mol. The lowest BCUT2D eigenvalue weighted by Crippen LogP contribution is -2.28. The standard InChI is InChI=1S/C12H17N3O2/c1-17-8-7-14-12(16)11-5-4-9-10(15-11)3-2-6-13-9/h4-5,13H,2-3,6-8H2,1H3,(H,14,16). The highest BCUT2D eigenvalue weighted by molar-refractivity contribution is 5.92. The summed E-state index contributed by atoms with van der Waals surface area (Å²) in [7, 11) is 1.61. The van der Waals surface area contributed by atoms with Crippen molar-refractivity contribution in [2.24, 2.45) is 0 Å². The zero-order valence-electron chi connectivity index (χ0n) is 9.95. The molecule has 1 aromatic rings. The maximum atomic E-state index is 11.8. The summed E-state index contributed by atoms with van der Waals surface area (Å²) in [6, 6.07) is 3.67. The van der Waals surface area contributed by atoms with E-state index in [9.17, 15) is 4.79 Å². The van der Waals surface area contributed by atoms with Crippen molar-refractivity contribution >= 4 is 11.6 Å². The number of hydrogen-bond acceptors (Lipinski definition) is 4. The molecule has 2 N–H and O–H groups in total. The number of methoxy groups -OCH3 is 1. The summed E-state index contributed by atoms with van der Waals surface area (Å²) in [5.74, 6) is -0.143. The first-order valence-corrected chi connectivity index (χ1v) is 5.82. The molecule has 92 valence electrons. The Morgan fingerprint density at radius 2 is 2.47 bits per heavy atom. The fourth-order valence-electron chi connectivity index (χ4n) is 1.82. The van der Waals surface area contributed by atoms with E-state index in [0.717, 1.165) is 30.8 Å². The molecule has 0 fully saturated rings. The van der Waals surface area contributed by atoms with E-state index in [1.807, 2.05) is 6.07 Å². The van der Waals surface area contributed by atoms with Crippen LogP contribution in [0.4, 0.5) is 5.69 Å². The highest BCUT2D eigenvalue weighted by Gasteiger charge is 2.13. The van der Waals surface area contributed by atoms with Gasteiger partial charge in [0.05, 0.1) is 18.0 Å². The van der Waals surface area contributed by atoms with Gasteiger partial charge < -0.3 is 15.4 Å². The predicted octanol–water partition coefficient (Wildman–Crippen LogP) is 0.816. The number of hydrogen-bond donors (Lipinski definition) is 2. The Morgan fingerprint density at radius 3 is 3.29 bits per heavy atom. The van der Waals surface area contributed by atoms with Crippen LogP contribution in [0, 0.1) is 0 Å². The van der Waals surface area contributed by atoms with Gasteiger partial charge in [-0.3, -0.25) is 4.79 Å². The van der Waals surface area contributed by atoms with E-state index >= 15 is 0 Å². The maximum Gasteiger partial charge on any atom is 0.269 e. The SMILES string of the molecule is COCCNC(=O)c1ccc2c(n1)CCCN2. The van der Waals surface area contributed by atoms with E-state index in [4.69, 9.17) is 4.74 Å². The first-order valence-electron chi connectivity index (χ1n) is 5.82. The Balaban J connectivity index is 2.03. The normalized spacial score (nSPS) is 13.7. The summed E-state index contributed by atoms with van der Waals surface area (Å²) in [6.45, 7) is 2.00. The zero-order valence-corrected chi connectivity index (χ0v) is 9.95. The van der Waals surface area contributed by atoms with Crippen LogP contribution in [0.1, 0.15) is 22.6 Å². The van der Waals surface area contributed by atoms with Crippen molar-refractivity contribution < 1.29 is 9.53 Å². The first kappa shape index (κ1) is 11.9. The van der Waals surface area contributed by atoms with Crippen LogP contribution in [-0.2, 0) is 11.2 Å². The quantitative estimate of drug-likeness (QED) is 0.758. The van der Waals surface area contributed by atoms with Crippen molar-refractivity contribution in [3.63, 3.8) is 0 Å². The summed E-state index contributed by atoms with van der Waals surface area (Å²) in [5.41, 5.74) is 2.50. The Hall–Kier alpha value is -1.62. The number of fused-ring (bicyclic) bond motifs is 1. The monoisotopic (exact) mass is 235 g/mol. The number of rotatable bonds is 4. The molecule has 1 aliphatic rings. The van der Waals surface area contributed by atoms with Gasteiger partial charge in [0.2, 0.25) is 0 Å². The van der Waals surface area contributed by atoms with Crippen molar-refractivity contribution in [2.75, 3.05) is 32.1 Å². The van der Waals surface area contributed by atoms with E-state index in [-0.39, 0.29) is 5.91 Å². The van der Waals surface area contributed by atoms with Gasteiger partial charge in [0.1, 0.15) is 5.69 Å². The van der Waals surface area contributed by atoms with Gasteiger partial charge in [-0.1, -0.05) is 0 Å². The van der Waals surface area contributed by atoms with Crippen LogP contribution >= 0.6 is 0 Å². The van der Waals surface area contributed by atoms with Gasteiger partial charge in [0.25, 0.3) is 5.91 Å². The molecule has 5 heteroatoms. The van der Waals surface area contributed by atoms with Crippen molar-refractivity contribution in [1.29, 1.82) is 0 Å². The lowest BCUT2D eigenvalue weighted by molar-refractivity contribution is 0.0932. The van der Waals surface area contributed by atoms with Crippen LogP contribution in [0.3, 0.4) is 0 Å². The maximum absolute atomic E-state index is 11.8. The minimum atomic E-state index is -0.143. The van der Waals surface area contributed by atoms with Gasteiger partial charge in [-0.25, -0.2) is 4.98 Å². The average molecular weight is 235 g/mol. The molecule has 0 unspecified atom stereocenters. The second kappa shape index (κ2) is 5.63. The van der Waals surface area contributed by atoms with Gasteiger partial charge in [-0.05, 0) is 25.0 Å². The molecule has 0 aliphatic carbocycles. The molecule has 2 rings (SSSR count). The third-order valence-electron chi connectivity index (χ3n) is 2.70. The molecule has 0 saturated carbocycles. The molecule has 0 radical (unpaired) electrons. The number of carbonyl (C=O) groups excluding carboxylic acids is 1. The largest absolute Gasteiger partial charge is 0.384 e. The number of carbonyl (C=O) groups is 1. The van der Waals surface area contributed by atoms with Crippen LogP contribution in [0.15, 0.2) is 12.1 Å². The van der Waals surface area contributed by atoms with Gasteiger partial charge in [0, 0.05) is 20.2 Å². The third kappa shape index (κ3) is 2.94. The Labute approximate surface area is 101 Å². The number of aryl methyl sites for hydroxylation is 1. The summed E-state index contributed by atoms with van der Waals surface area (Å²) < 4.78 is 4.87. The van der Waals surface area contributed by atoms with Crippen molar-refractivity contribution in [3.05, 3.63) is 23.5 Å². The van der Waals surface area contributed by atoms with Gasteiger partial charge in [0.15, 0.2) is 0 Å². The van der Waals surface area contributed by atoms with Crippen LogP contribution in [0.2, 0.25) is 0 Å². The molecule has 0 spiro atoms. The molecule has 1 amide bonds. The minimum Gasteiger partial charge on any atom is -0.384 e. The second-order valence-corrected chi connectivity index (χ2v) is 3.97. The van der Waals surface area contributed by atoms with E-state index in [2.05, 4.69) is 15.6 Å². The first-order chi connectivity index (χ1) is 8.31. The summed E-state index contributed by atoms with van der Waals surface area (Å²) in [5, 5.41) is 6.03. The number of aromatic nitrogens is 1. The Kier molecular flexibility index (Phi) is 3.93. The topological polar surface area (TPSA) is 63.2 Å². The van der Waals surface area contributed by atoms with Crippen LogP contribution in [-0.4, -0.2) is 37.7 Å². The zero-order chi connectivity index (χ0) is 12.1. The third-order valence-corrected chi connectivity index (χ3v) is 2.70. The van der Waals surface area contributed by atoms with Crippen LogP contribution < -0.4 is 10.6 Å². The molecule has 17 heavy (non-hydrogen) atoms. The number of nitrogens with zero attached hydrogens (tertiary/aromatic N) is 1. The van der Waals surface area contributed by atoms with Crippen molar-refractivity contribution in [2.45, 2.75) is 12.8 Å². The molecule has 1 aliphatic heterocycles. The predicted molar refractivity (Wildman–Crippen MR) is 65.3 cm³/mol. The lowest BCUT2D eigenvalue weighted by Gasteiger charge is -2.17. The van der Waals surface area contributed by atoms with E-state index in [1.54, 1.807) is 13.2 Å². The number of amides is 1. The fraction of sp³-hybridized carbons (Fsp3) is 0.500. The number of anilines is 1. The number of ether oxygens (including phenoxy) is 1. The van der Waals surface area contributed by atoms with Crippen molar-refractivity contribution in [1.82, 2.24) is 10.3 Å². The van der Waals surface area contributed by atoms with Crippen LogP contribution in [0.25, 0.3) is 0 Å². The molecule has 0 aromatic carbocycles. The molecule has 0 saturated heterocycles. The van der Waals surface area contributed by atoms with E-state index in [0.29, 0.717) is 18.8 Å². The fourth-order valence-corrected chi connectivity index (χ4v) is 1.82. The molecule has 0 atom stereocenters. The van der Waals surface area contributed by atoms with Crippen molar-refractivity contribution in [3.8, 4) is 0 Å². The molecule has 2 heterocycles. The average Bonchev–Trinajstić information content (AvgIpc) is 2.38. The van der Waals surface area contributed by atoms with Gasteiger partial charge >= 0.3 is 0 Å². The lowest BCUT2D eigenvalue weighted by atomic mass is 10.1. The molecule has 5 nitrogen and oxygen atoms in total. The van der Waals surface area contributed by atoms with Gasteiger partial charge in [-0.2, -0.15) is 0 Å². The highest BCUT2D eigenvalue weighted by atomic mass is 16.5.